The van der Waals surface area contributed by atoms with Gasteiger partial charge in [0.25, 0.3) is 0 Å². The van der Waals surface area contributed by atoms with E-state index in [2.05, 4.69) is 15.5 Å². The van der Waals surface area contributed by atoms with Crippen LogP contribution < -0.4 is 5.32 Å². The summed E-state index contributed by atoms with van der Waals surface area (Å²) in [6.45, 7) is 2.16. The Labute approximate surface area is 105 Å². The average molecular weight is 244 g/mol. The number of hydrogen-bond donors (Lipinski definition) is 1. The first kappa shape index (κ1) is 11.3. The number of carbonyl (C=O) groups is 1. The summed E-state index contributed by atoms with van der Waals surface area (Å²) >= 11 is 0. The number of pyridine rings is 1. The molecule has 1 aliphatic heterocycles. The number of fused-ring (bicyclic) bond motifs is 1. The second-order valence-electron chi connectivity index (χ2n) is 4.81. The standard InChI is InChI=1S/C13H16N4O/c18-9-11-4-2-6-17-12(15-16-13(11)17)7-10-3-1-5-14-8-10/h2,4,6,9-10,14H,1,3,5,7-8H2. The largest absolute Gasteiger partial charge is 0.316 e. The van der Waals surface area contributed by atoms with E-state index in [4.69, 9.17) is 0 Å². The lowest BCUT2D eigenvalue weighted by atomic mass is 9.96. The van der Waals surface area contributed by atoms with E-state index in [-0.39, 0.29) is 0 Å². The molecular formula is C13H16N4O. The lowest BCUT2D eigenvalue weighted by Crippen LogP contribution is -2.31. The van der Waals surface area contributed by atoms with E-state index in [1.165, 1.54) is 12.8 Å². The molecule has 0 saturated carbocycles. The number of nitrogens with one attached hydrogen (secondary N) is 1. The first-order valence-corrected chi connectivity index (χ1v) is 6.37. The third-order valence-corrected chi connectivity index (χ3v) is 3.53. The van der Waals surface area contributed by atoms with Crippen LogP contribution in [0.1, 0.15) is 29.0 Å². The number of carbonyl (C=O) groups excluding carboxylic acids is 1. The van der Waals surface area contributed by atoms with Crippen LogP contribution in [-0.4, -0.2) is 34.0 Å². The third-order valence-electron chi connectivity index (χ3n) is 3.53. The summed E-state index contributed by atoms with van der Waals surface area (Å²) in [6, 6.07) is 3.63. The Morgan fingerprint density at radius 3 is 3.22 bits per heavy atom. The van der Waals surface area contributed by atoms with Crippen LogP contribution in [0.3, 0.4) is 0 Å². The van der Waals surface area contributed by atoms with Gasteiger partial charge < -0.3 is 5.32 Å². The van der Waals surface area contributed by atoms with Gasteiger partial charge in [-0.1, -0.05) is 0 Å². The molecule has 0 radical (unpaired) electrons. The van der Waals surface area contributed by atoms with E-state index < -0.39 is 0 Å². The molecule has 0 amide bonds. The minimum absolute atomic E-state index is 0.595. The molecule has 0 aliphatic carbocycles. The second kappa shape index (κ2) is 4.86. The topological polar surface area (TPSA) is 59.3 Å². The molecular weight excluding hydrogens is 228 g/mol. The predicted molar refractivity (Wildman–Crippen MR) is 67.7 cm³/mol. The highest BCUT2D eigenvalue weighted by Gasteiger charge is 2.17. The summed E-state index contributed by atoms with van der Waals surface area (Å²) in [5.74, 6) is 1.56. The molecule has 1 unspecified atom stereocenters. The van der Waals surface area contributed by atoms with Crippen molar-refractivity contribution in [1.82, 2.24) is 19.9 Å². The fourth-order valence-corrected chi connectivity index (χ4v) is 2.57. The highest BCUT2D eigenvalue weighted by molar-refractivity contribution is 5.83. The highest BCUT2D eigenvalue weighted by Crippen LogP contribution is 2.16. The molecule has 94 valence electrons. The smallest absolute Gasteiger partial charge is 0.171 e. The summed E-state index contributed by atoms with van der Waals surface area (Å²) in [5.41, 5.74) is 1.25. The Hall–Kier alpha value is -1.75. The summed E-state index contributed by atoms with van der Waals surface area (Å²) < 4.78 is 1.93. The quantitative estimate of drug-likeness (QED) is 0.821. The molecule has 5 heteroatoms. The molecule has 0 bridgehead atoms. The fourth-order valence-electron chi connectivity index (χ4n) is 2.57. The molecule has 3 rings (SSSR count). The van der Waals surface area contributed by atoms with Crippen molar-refractivity contribution < 1.29 is 4.79 Å². The van der Waals surface area contributed by atoms with Crippen LogP contribution in [0.25, 0.3) is 5.65 Å². The van der Waals surface area contributed by atoms with Crippen LogP contribution in [0, 0.1) is 5.92 Å². The molecule has 5 nitrogen and oxygen atoms in total. The van der Waals surface area contributed by atoms with Gasteiger partial charge in [0.05, 0.1) is 5.56 Å². The lowest BCUT2D eigenvalue weighted by Gasteiger charge is -2.21. The van der Waals surface area contributed by atoms with Crippen LogP contribution in [-0.2, 0) is 6.42 Å². The van der Waals surface area contributed by atoms with Gasteiger partial charge in [-0.15, -0.1) is 10.2 Å². The average Bonchev–Trinajstić information content (AvgIpc) is 2.83. The summed E-state index contributed by atoms with van der Waals surface area (Å²) in [5, 5.41) is 11.7. The number of aromatic nitrogens is 3. The number of aldehydes is 1. The molecule has 2 aromatic rings. The minimum atomic E-state index is 0.595. The van der Waals surface area contributed by atoms with Crippen molar-refractivity contribution in [3.8, 4) is 0 Å². The van der Waals surface area contributed by atoms with Crippen molar-refractivity contribution in [2.75, 3.05) is 13.1 Å². The molecule has 1 atom stereocenters. The van der Waals surface area contributed by atoms with E-state index in [1.54, 1.807) is 6.07 Å². The maximum absolute atomic E-state index is 10.9. The van der Waals surface area contributed by atoms with Gasteiger partial charge in [0.15, 0.2) is 11.9 Å². The molecule has 0 aromatic carbocycles. The van der Waals surface area contributed by atoms with E-state index in [9.17, 15) is 4.79 Å². The maximum atomic E-state index is 10.9. The van der Waals surface area contributed by atoms with Crippen molar-refractivity contribution in [2.45, 2.75) is 19.3 Å². The van der Waals surface area contributed by atoms with Gasteiger partial charge in [-0.05, 0) is 44.0 Å². The van der Waals surface area contributed by atoms with Crippen LogP contribution in [0.15, 0.2) is 18.3 Å². The zero-order chi connectivity index (χ0) is 12.4. The summed E-state index contributed by atoms with van der Waals surface area (Å²) in [4.78, 5) is 10.9. The van der Waals surface area contributed by atoms with Crippen LogP contribution in [0.2, 0.25) is 0 Å². The van der Waals surface area contributed by atoms with Gasteiger partial charge in [-0.3, -0.25) is 9.20 Å². The maximum Gasteiger partial charge on any atom is 0.171 e. The van der Waals surface area contributed by atoms with Crippen LogP contribution in [0.5, 0.6) is 0 Å². The van der Waals surface area contributed by atoms with Gasteiger partial charge in [-0.2, -0.15) is 0 Å². The zero-order valence-corrected chi connectivity index (χ0v) is 10.2. The highest BCUT2D eigenvalue weighted by atomic mass is 16.1. The summed E-state index contributed by atoms with van der Waals surface area (Å²) in [7, 11) is 0. The Morgan fingerprint density at radius 2 is 2.44 bits per heavy atom. The predicted octanol–water partition coefficient (Wildman–Crippen LogP) is 1.08. The van der Waals surface area contributed by atoms with E-state index >= 15 is 0 Å². The summed E-state index contributed by atoms with van der Waals surface area (Å²) in [6.07, 6.45) is 6.12. The van der Waals surface area contributed by atoms with Gasteiger partial charge in [-0.25, -0.2) is 0 Å². The molecule has 1 N–H and O–H groups in total. The van der Waals surface area contributed by atoms with E-state index in [1.807, 2.05) is 16.7 Å². The monoisotopic (exact) mass is 244 g/mol. The number of nitrogens with zero attached hydrogens (tertiary/aromatic N) is 3. The number of hydrogen-bond acceptors (Lipinski definition) is 4. The Bertz CT molecular complexity index is 557. The first-order chi connectivity index (χ1) is 8.88. The lowest BCUT2D eigenvalue weighted by molar-refractivity contribution is 0.112. The van der Waals surface area contributed by atoms with Crippen LogP contribution in [0.4, 0.5) is 0 Å². The zero-order valence-electron chi connectivity index (χ0n) is 10.2. The van der Waals surface area contributed by atoms with Crippen molar-refractivity contribution >= 4 is 11.9 Å². The fraction of sp³-hybridized carbons (Fsp3) is 0.462. The van der Waals surface area contributed by atoms with Crippen LogP contribution >= 0.6 is 0 Å². The third kappa shape index (κ3) is 2.01. The molecule has 1 fully saturated rings. The first-order valence-electron chi connectivity index (χ1n) is 6.37. The van der Waals surface area contributed by atoms with E-state index in [0.29, 0.717) is 17.1 Å². The molecule has 3 heterocycles. The van der Waals surface area contributed by atoms with Gasteiger partial charge >= 0.3 is 0 Å². The molecule has 1 saturated heterocycles. The number of rotatable bonds is 3. The Morgan fingerprint density at radius 1 is 1.50 bits per heavy atom. The molecule has 0 spiro atoms. The van der Waals surface area contributed by atoms with E-state index in [0.717, 1.165) is 31.6 Å². The second-order valence-corrected chi connectivity index (χ2v) is 4.81. The van der Waals surface area contributed by atoms with Gasteiger partial charge in [0.2, 0.25) is 0 Å². The van der Waals surface area contributed by atoms with Gasteiger partial charge in [0.1, 0.15) is 5.82 Å². The molecule has 2 aromatic heterocycles. The van der Waals surface area contributed by atoms with Crippen molar-refractivity contribution in [3.63, 3.8) is 0 Å². The number of piperidine rings is 1. The SMILES string of the molecule is O=Cc1cccn2c(CC3CCCNC3)nnc12. The minimum Gasteiger partial charge on any atom is -0.316 e. The molecule has 1 aliphatic rings. The molecule has 18 heavy (non-hydrogen) atoms. The van der Waals surface area contributed by atoms with Crippen molar-refractivity contribution in [3.05, 3.63) is 29.7 Å². The van der Waals surface area contributed by atoms with Gasteiger partial charge in [0, 0.05) is 12.6 Å². The normalized spacial score (nSPS) is 20.1. The Balaban J connectivity index is 1.90. The Kier molecular flexibility index (Phi) is 3.06. The van der Waals surface area contributed by atoms with Crippen molar-refractivity contribution in [2.24, 2.45) is 5.92 Å². The van der Waals surface area contributed by atoms with Crippen molar-refractivity contribution in [1.29, 1.82) is 0 Å².